The van der Waals surface area contributed by atoms with Crippen LogP contribution in [-0.2, 0) is 0 Å². The quantitative estimate of drug-likeness (QED) is 0.606. The maximum Gasteiger partial charge on any atom is 0.0428 e. The number of aliphatic hydroxyl groups excluding tert-OH is 1. The van der Waals surface area contributed by atoms with Gasteiger partial charge in [0.1, 0.15) is 0 Å². The first-order valence-corrected chi connectivity index (χ1v) is 3.64. The number of rotatable bonds is 3. The van der Waals surface area contributed by atoms with Crippen LogP contribution in [0.3, 0.4) is 0 Å². The Morgan fingerprint density at radius 3 is 1.67 bits per heavy atom. The largest absolute Gasteiger partial charge is 0.396 e. The Kier molecular flexibility index (Phi) is 20.3. The summed E-state index contributed by atoms with van der Waals surface area (Å²) in [5, 5.41) is 7.88. The smallest absolute Gasteiger partial charge is 0.0428 e. The molecule has 3 N–H and O–H groups in total. The van der Waals surface area contributed by atoms with Crippen molar-refractivity contribution in [2.24, 2.45) is 5.73 Å². The predicted octanol–water partition coefficient (Wildman–Crippen LogP) is 1.13. The van der Waals surface area contributed by atoms with E-state index in [2.05, 4.69) is 6.92 Å². The van der Waals surface area contributed by atoms with Gasteiger partial charge in [-0.3, -0.25) is 0 Å². The molecule has 0 atom stereocenters. The third kappa shape index (κ3) is 32.6. The van der Waals surface area contributed by atoms with E-state index in [1.807, 2.05) is 6.92 Å². The van der Waals surface area contributed by atoms with E-state index < -0.39 is 0 Å². The number of hydrogen-bond acceptors (Lipinski definition) is 2. The summed E-state index contributed by atoms with van der Waals surface area (Å²) in [6, 6.07) is 0. The van der Waals surface area contributed by atoms with Crippen molar-refractivity contribution in [3.8, 4) is 0 Å². The SMILES string of the molecule is CCCCN.CCCO. The first-order valence-electron chi connectivity index (χ1n) is 3.64. The summed E-state index contributed by atoms with van der Waals surface area (Å²) in [7, 11) is 0. The lowest BCUT2D eigenvalue weighted by Gasteiger charge is -1.80. The zero-order valence-electron chi connectivity index (χ0n) is 6.56. The fourth-order valence-electron chi connectivity index (χ4n) is 0.204. The van der Waals surface area contributed by atoms with Crippen LogP contribution in [0.2, 0.25) is 0 Å². The van der Waals surface area contributed by atoms with Gasteiger partial charge in [-0.15, -0.1) is 0 Å². The van der Waals surface area contributed by atoms with Crippen molar-refractivity contribution in [3.63, 3.8) is 0 Å². The summed E-state index contributed by atoms with van der Waals surface area (Å²) in [5.41, 5.74) is 5.14. The molecular formula is C7H19NO. The molecule has 2 heteroatoms. The van der Waals surface area contributed by atoms with E-state index >= 15 is 0 Å². The lowest BCUT2D eigenvalue weighted by atomic mass is 10.3. The van der Waals surface area contributed by atoms with Gasteiger partial charge in [-0.05, 0) is 19.4 Å². The molecular weight excluding hydrogens is 114 g/mol. The lowest BCUT2D eigenvalue weighted by Crippen LogP contribution is -1.95. The zero-order chi connectivity index (χ0) is 7.54. The van der Waals surface area contributed by atoms with Crippen LogP contribution < -0.4 is 5.73 Å². The molecule has 0 unspecified atom stereocenters. The van der Waals surface area contributed by atoms with Crippen molar-refractivity contribution in [3.05, 3.63) is 0 Å². The molecule has 0 aromatic rings. The summed E-state index contributed by atoms with van der Waals surface area (Å²) in [6.07, 6.45) is 3.26. The second-order valence-corrected chi connectivity index (χ2v) is 1.87. The van der Waals surface area contributed by atoms with Gasteiger partial charge in [0.15, 0.2) is 0 Å². The van der Waals surface area contributed by atoms with Crippen molar-refractivity contribution in [2.45, 2.75) is 33.1 Å². The van der Waals surface area contributed by atoms with E-state index in [9.17, 15) is 0 Å². The molecule has 0 amide bonds. The average Bonchev–Trinajstić information content (AvgIpc) is 1.91. The van der Waals surface area contributed by atoms with Crippen LogP contribution in [0.4, 0.5) is 0 Å². The Morgan fingerprint density at radius 1 is 1.22 bits per heavy atom. The van der Waals surface area contributed by atoms with Crippen LogP contribution in [0, 0.1) is 0 Å². The van der Waals surface area contributed by atoms with Crippen molar-refractivity contribution >= 4 is 0 Å². The molecule has 2 nitrogen and oxygen atoms in total. The third-order valence-corrected chi connectivity index (χ3v) is 0.781. The van der Waals surface area contributed by atoms with E-state index in [-0.39, 0.29) is 0 Å². The first kappa shape index (κ1) is 11.7. The maximum absolute atomic E-state index is 7.88. The molecule has 9 heavy (non-hydrogen) atoms. The van der Waals surface area contributed by atoms with Crippen LogP contribution >= 0.6 is 0 Å². The molecule has 0 rings (SSSR count). The fraction of sp³-hybridized carbons (Fsp3) is 1.00. The van der Waals surface area contributed by atoms with E-state index in [1.54, 1.807) is 0 Å². The monoisotopic (exact) mass is 133 g/mol. The normalized spacial score (nSPS) is 8.00. The zero-order valence-corrected chi connectivity index (χ0v) is 6.56. The maximum atomic E-state index is 7.88. The molecule has 0 spiro atoms. The molecule has 0 aliphatic rings. The highest BCUT2D eigenvalue weighted by Crippen LogP contribution is 1.77. The van der Waals surface area contributed by atoms with Crippen molar-refractivity contribution in [1.29, 1.82) is 0 Å². The lowest BCUT2D eigenvalue weighted by molar-refractivity contribution is 0.295. The Balaban J connectivity index is 0. The molecule has 0 saturated heterocycles. The van der Waals surface area contributed by atoms with E-state index in [0.717, 1.165) is 13.0 Å². The van der Waals surface area contributed by atoms with Crippen LogP contribution in [0.15, 0.2) is 0 Å². The molecule has 0 aromatic heterocycles. The van der Waals surface area contributed by atoms with Crippen LogP contribution in [0.1, 0.15) is 33.1 Å². The summed E-state index contributed by atoms with van der Waals surface area (Å²) in [5.74, 6) is 0. The number of aliphatic hydroxyl groups is 1. The molecule has 0 aromatic carbocycles. The third-order valence-electron chi connectivity index (χ3n) is 0.781. The van der Waals surface area contributed by atoms with Crippen LogP contribution in [0.25, 0.3) is 0 Å². The number of nitrogens with two attached hydrogens (primary N) is 1. The van der Waals surface area contributed by atoms with Crippen molar-refractivity contribution < 1.29 is 5.11 Å². The van der Waals surface area contributed by atoms with E-state index in [4.69, 9.17) is 10.8 Å². The molecule has 0 saturated carbocycles. The van der Waals surface area contributed by atoms with Crippen LogP contribution in [0.5, 0.6) is 0 Å². The molecule has 0 heterocycles. The highest BCUT2D eigenvalue weighted by atomic mass is 16.2. The Morgan fingerprint density at radius 2 is 1.67 bits per heavy atom. The topological polar surface area (TPSA) is 46.2 Å². The van der Waals surface area contributed by atoms with Gasteiger partial charge in [0, 0.05) is 6.61 Å². The number of hydrogen-bond donors (Lipinski definition) is 2. The fourth-order valence-corrected chi connectivity index (χ4v) is 0.204. The van der Waals surface area contributed by atoms with E-state index in [1.165, 1.54) is 12.8 Å². The molecule has 0 radical (unpaired) electrons. The molecule has 0 aliphatic carbocycles. The molecule has 58 valence electrons. The second kappa shape index (κ2) is 15.7. The van der Waals surface area contributed by atoms with Gasteiger partial charge in [0.25, 0.3) is 0 Å². The highest BCUT2D eigenvalue weighted by Gasteiger charge is 1.67. The number of unbranched alkanes of at least 4 members (excludes halogenated alkanes) is 1. The highest BCUT2D eigenvalue weighted by molar-refractivity contribution is 4.29. The molecule has 0 aliphatic heterocycles. The minimum absolute atomic E-state index is 0.319. The van der Waals surface area contributed by atoms with Gasteiger partial charge < -0.3 is 10.8 Å². The van der Waals surface area contributed by atoms with Crippen molar-refractivity contribution in [2.75, 3.05) is 13.2 Å². The van der Waals surface area contributed by atoms with Gasteiger partial charge in [-0.25, -0.2) is 0 Å². The van der Waals surface area contributed by atoms with Crippen LogP contribution in [-0.4, -0.2) is 18.3 Å². The second-order valence-electron chi connectivity index (χ2n) is 1.87. The first-order chi connectivity index (χ1) is 4.33. The Labute approximate surface area is 58.1 Å². The summed E-state index contributed by atoms with van der Waals surface area (Å²) in [6.45, 7) is 5.23. The van der Waals surface area contributed by atoms with Gasteiger partial charge >= 0.3 is 0 Å². The standard InChI is InChI=1S/C4H11N.C3H8O/c1-2-3-4-5;1-2-3-4/h2-5H2,1H3;4H,2-3H2,1H3. The predicted molar refractivity (Wildman–Crippen MR) is 41.3 cm³/mol. The summed E-state index contributed by atoms with van der Waals surface area (Å²) < 4.78 is 0. The van der Waals surface area contributed by atoms with E-state index in [0.29, 0.717) is 6.61 Å². The van der Waals surface area contributed by atoms with Crippen molar-refractivity contribution in [1.82, 2.24) is 0 Å². The Bertz CT molecular complexity index is 28.1. The Hall–Kier alpha value is -0.0800. The minimum Gasteiger partial charge on any atom is -0.396 e. The average molecular weight is 133 g/mol. The van der Waals surface area contributed by atoms with Gasteiger partial charge in [0.2, 0.25) is 0 Å². The minimum atomic E-state index is 0.319. The van der Waals surface area contributed by atoms with Gasteiger partial charge in [-0.2, -0.15) is 0 Å². The summed E-state index contributed by atoms with van der Waals surface area (Å²) in [4.78, 5) is 0. The molecule has 0 bridgehead atoms. The van der Waals surface area contributed by atoms with Gasteiger partial charge in [-0.1, -0.05) is 20.3 Å². The van der Waals surface area contributed by atoms with Gasteiger partial charge in [0.05, 0.1) is 0 Å². The molecule has 0 fully saturated rings. The summed E-state index contributed by atoms with van der Waals surface area (Å²) >= 11 is 0.